The van der Waals surface area contributed by atoms with Crippen LogP contribution in [0.1, 0.15) is 19.4 Å². The number of hydrogen-bond acceptors (Lipinski definition) is 3. The van der Waals surface area contributed by atoms with Crippen LogP contribution >= 0.6 is 0 Å². The van der Waals surface area contributed by atoms with Gasteiger partial charge in [-0.1, -0.05) is 0 Å². The van der Waals surface area contributed by atoms with Crippen molar-refractivity contribution < 1.29 is 9.13 Å². The number of nitrogens with one attached hydrogen (secondary N) is 1. The lowest BCUT2D eigenvalue weighted by molar-refractivity contribution is 0.282. The third-order valence-electron chi connectivity index (χ3n) is 2.24. The van der Waals surface area contributed by atoms with Crippen molar-refractivity contribution in [1.82, 2.24) is 5.32 Å². The van der Waals surface area contributed by atoms with E-state index in [0.717, 1.165) is 0 Å². The molecule has 0 aliphatic heterocycles. The molecule has 0 bridgehead atoms. The van der Waals surface area contributed by atoms with E-state index in [1.54, 1.807) is 19.1 Å². The highest BCUT2D eigenvalue weighted by Crippen LogP contribution is 2.15. The van der Waals surface area contributed by atoms with Crippen molar-refractivity contribution in [2.24, 2.45) is 0 Å². The lowest BCUT2D eigenvalue weighted by atomic mass is 10.2. The lowest BCUT2D eigenvalue weighted by Crippen LogP contribution is -2.37. The number of nitrogens with zero attached hydrogens (tertiary/aromatic N) is 1. The highest BCUT2D eigenvalue weighted by atomic mass is 19.1. The Balaban J connectivity index is 2.54. The summed E-state index contributed by atoms with van der Waals surface area (Å²) in [6.45, 7) is 5.86. The van der Waals surface area contributed by atoms with E-state index in [0.29, 0.717) is 11.3 Å². The maximum absolute atomic E-state index is 13.0. The fourth-order valence-corrected chi connectivity index (χ4v) is 1.41. The summed E-state index contributed by atoms with van der Waals surface area (Å²) in [6, 6.07) is 6.53. The summed E-state index contributed by atoms with van der Waals surface area (Å²) >= 11 is 0. The maximum atomic E-state index is 13.0. The Morgan fingerprint density at radius 2 is 2.18 bits per heavy atom. The zero-order chi connectivity index (χ0) is 12.8. The van der Waals surface area contributed by atoms with Crippen LogP contribution in [0.5, 0.6) is 5.75 Å². The van der Waals surface area contributed by atoms with Gasteiger partial charge < -0.3 is 4.74 Å². The molecule has 1 N–H and O–H groups in total. The van der Waals surface area contributed by atoms with E-state index in [4.69, 9.17) is 10.00 Å². The predicted molar refractivity (Wildman–Crippen MR) is 64.3 cm³/mol. The third-order valence-corrected chi connectivity index (χ3v) is 2.24. The second-order valence-corrected chi connectivity index (χ2v) is 4.23. The topological polar surface area (TPSA) is 45.0 Å². The zero-order valence-corrected chi connectivity index (χ0v) is 10.3. The monoisotopic (exact) mass is 236 g/mol. The first-order valence-corrected chi connectivity index (χ1v) is 5.57. The Morgan fingerprint density at radius 3 is 2.71 bits per heavy atom. The molecule has 0 aliphatic carbocycles. The molecule has 3 nitrogen and oxygen atoms in total. The van der Waals surface area contributed by atoms with Crippen molar-refractivity contribution >= 4 is 0 Å². The fraction of sp³-hybridized carbons (Fsp3) is 0.462. The minimum atomic E-state index is -0.361. The first-order valence-electron chi connectivity index (χ1n) is 5.57. The summed E-state index contributed by atoms with van der Waals surface area (Å²) in [4.78, 5) is 0. The molecule has 4 heteroatoms. The van der Waals surface area contributed by atoms with Gasteiger partial charge in [-0.25, -0.2) is 4.39 Å². The summed E-state index contributed by atoms with van der Waals surface area (Å²) in [5.41, 5.74) is 0.535. The molecule has 1 rings (SSSR count). The minimum absolute atomic E-state index is 0.221. The molecule has 17 heavy (non-hydrogen) atoms. The van der Waals surface area contributed by atoms with Crippen molar-refractivity contribution in [2.75, 3.05) is 6.61 Å². The van der Waals surface area contributed by atoms with Crippen LogP contribution in [0.3, 0.4) is 0 Å². The summed E-state index contributed by atoms with van der Waals surface area (Å²) in [5.74, 6) is 0.323. The third kappa shape index (κ3) is 4.41. The first-order chi connectivity index (χ1) is 8.02. The van der Waals surface area contributed by atoms with Gasteiger partial charge in [-0.05, 0) is 44.5 Å². The number of rotatable bonds is 5. The molecule has 92 valence electrons. The number of aryl methyl sites for hydroxylation is 1. The molecule has 0 fully saturated rings. The Bertz CT molecular complexity index is 412. The minimum Gasteiger partial charge on any atom is -0.491 e. The van der Waals surface area contributed by atoms with E-state index in [1.807, 2.05) is 13.8 Å². The second kappa shape index (κ2) is 6.21. The molecular weight excluding hydrogens is 219 g/mol. The van der Waals surface area contributed by atoms with Gasteiger partial charge in [0.05, 0.1) is 6.07 Å². The highest BCUT2D eigenvalue weighted by Gasteiger charge is 2.09. The first kappa shape index (κ1) is 13.5. The standard InChI is InChI=1S/C13H17FN2O/c1-9(2)16-11(7-15)8-17-12-4-5-13(14)10(3)6-12/h4-6,9,11,16H,8H2,1-3H3. The van der Waals surface area contributed by atoms with Gasteiger partial charge >= 0.3 is 0 Å². The number of halogens is 1. The van der Waals surface area contributed by atoms with Crippen LogP contribution in [-0.2, 0) is 0 Å². The van der Waals surface area contributed by atoms with Gasteiger partial charge in [0.15, 0.2) is 0 Å². The molecule has 1 aromatic carbocycles. The van der Waals surface area contributed by atoms with Gasteiger partial charge in [0.1, 0.15) is 24.2 Å². The van der Waals surface area contributed by atoms with Crippen LogP contribution in [0.25, 0.3) is 0 Å². The summed E-state index contributed by atoms with van der Waals surface area (Å²) in [5, 5.41) is 12.0. The van der Waals surface area contributed by atoms with E-state index in [9.17, 15) is 4.39 Å². The van der Waals surface area contributed by atoms with Crippen LogP contribution in [0.4, 0.5) is 4.39 Å². The van der Waals surface area contributed by atoms with E-state index >= 15 is 0 Å². The number of ether oxygens (including phenoxy) is 1. The SMILES string of the molecule is Cc1cc(OCC(C#N)NC(C)C)ccc1F. The molecule has 1 unspecified atom stereocenters. The van der Waals surface area contributed by atoms with Gasteiger partial charge in [0.25, 0.3) is 0 Å². The van der Waals surface area contributed by atoms with E-state index in [1.165, 1.54) is 6.07 Å². The van der Waals surface area contributed by atoms with E-state index < -0.39 is 0 Å². The Kier molecular flexibility index (Phi) is 4.92. The van der Waals surface area contributed by atoms with Crippen LogP contribution in [0.15, 0.2) is 18.2 Å². The highest BCUT2D eigenvalue weighted by molar-refractivity contribution is 5.28. The maximum Gasteiger partial charge on any atom is 0.130 e. The van der Waals surface area contributed by atoms with Gasteiger partial charge in [0, 0.05) is 6.04 Å². The van der Waals surface area contributed by atoms with Crippen LogP contribution in [0, 0.1) is 24.1 Å². The van der Waals surface area contributed by atoms with Gasteiger partial charge in [-0.2, -0.15) is 5.26 Å². The zero-order valence-electron chi connectivity index (χ0n) is 10.3. The van der Waals surface area contributed by atoms with E-state index in [-0.39, 0.29) is 24.5 Å². The molecule has 0 radical (unpaired) electrons. The van der Waals surface area contributed by atoms with Crippen molar-refractivity contribution in [3.63, 3.8) is 0 Å². The summed E-state index contributed by atoms with van der Waals surface area (Å²) < 4.78 is 18.5. The number of nitriles is 1. The molecule has 1 atom stereocenters. The molecule has 0 saturated heterocycles. The average Bonchev–Trinajstić information content (AvgIpc) is 2.28. The normalized spacial score (nSPS) is 12.2. The summed E-state index contributed by atoms with van der Waals surface area (Å²) in [6.07, 6.45) is 0. The van der Waals surface area contributed by atoms with Crippen molar-refractivity contribution in [3.05, 3.63) is 29.6 Å². The lowest BCUT2D eigenvalue weighted by Gasteiger charge is -2.15. The van der Waals surface area contributed by atoms with Crippen molar-refractivity contribution in [1.29, 1.82) is 5.26 Å². The Morgan fingerprint density at radius 1 is 1.47 bits per heavy atom. The molecule has 1 aromatic rings. The molecule has 0 spiro atoms. The molecule has 0 heterocycles. The van der Waals surface area contributed by atoms with Gasteiger partial charge in [-0.15, -0.1) is 0 Å². The number of hydrogen-bond donors (Lipinski definition) is 1. The molecule has 0 aliphatic rings. The Hall–Kier alpha value is -1.60. The average molecular weight is 236 g/mol. The largest absolute Gasteiger partial charge is 0.491 e. The van der Waals surface area contributed by atoms with E-state index in [2.05, 4.69) is 11.4 Å². The fourth-order valence-electron chi connectivity index (χ4n) is 1.41. The smallest absolute Gasteiger partial charge is 0.130 e. The molecule has 0 amide bonds. The second-order valence-electron chi connectivity index (χ2n) is 4.23. The molecule has 0 saturated carbocycles. The predicted octanol–water partition coefficient (Wildman–Crippen LogP) is 2.40. The van der Waals surface area contributed by atoms with Crippen molar-refractivity contribution in [2.45, 2.75) is 32.9 Å². The Labute approximate surface area is 101 Å². The number of benzene rings is 1. The summed E-state index contributed by atoms with van der Waals surface area (Å²) in [7, 11) is 0. The van der Waals surface area contributed by atoms with Crippen LogP contribution in [0.2, 0.25) is 0 Å². The van der Waals surface area contributed by atoms with Crippen molar-refractivity contribution in [3.8, 4) is 11.8 Å². The quantitative estimate of drug-likeness (QED) is 0.853. The van der Waals surface area contributed by atoms with Crippen LogP contribution in [-0.4, -0.2) is 18.7 Å². The van der Waals surface area contributed by atoms with Gasteiger partial charge in [-0.3, -0.25) is 5.32 Å². The molecular formula is C13H17FN2O. The molecule has 0 aromatic heterocycles. The van der Waals surface area contributed by atoms with Gasteiger partial charge in [0.2, 0.25) is 0 Å². The van der Waals surface area contributed by atoms with Crippen LogP contribution < -0.4 is 10.1 Å².